The van der Waals surface area contributed by atoms with Gasteiger partial charge in [-0.05, 0) is 19.3 Å². The third-order valence-electron chi connectivity index (χ3n) is 4.21. The zero-order valence-corrected chi connectivity index (χ0v) is 16.0. The Morgan fingerprint density at radius 3 is 1.67 bits per heavy atom. The van der Waals surface area contributed by atoms with Gasteiger partial charge in [0.2, 0.25) is 0 Å². The quantitative estimate of drug-likeness (QED) is 0.377. The van der Waals surface area contributed by atoms with Gasteiger partial charge in [0.25, 0.3) is 0 Å². The second-order valence-electron chi connectivity index (χ2n) is 6.60. The molecule has 0 saturated carbocycles. The Labute approximate surface area is 147 Å². The van der Waals surface area contributed by atoms with Crippen LogP contribution in [0.4, 0.5) is 0 Å². The van der Waals surface area contributed by atoms with Crippen LogP contribution in [0, 0.1) is 5.41 Å². The van der Waals surface area contributed by atoms with Crippen molar-refractivity contribution in [1.29, 1.82) is 0 Å². The number of rotatable bonds is 17. The normalized spacial score (nSPS) is 11.7. The molecule has 24 heavy (non-hydrogen) atoms. The van der Waals surface area contributed by atoms with Crippen molar-refractivity contribution in [2.24, 2.45) is 5.41 Å². The zero-order valence-electron chi connectivity index (χ0n) is 16.0. The van der Waals surface area contributed by atoms with Crippen LogP contribution in [0.1, 0.15) is 66.2 Å². The van der Waals surface area contributed by atoms with Crippen molar-refractivity contribution in [1.82, 2.24) is 0 Å². The summed E-state index contributed by atoms with van der Waals surface area (Å²) in [5.74, 6) is 0.592. The minimum absolute atomic E-state index is 0.215. The molecule has 0 radical (unpaired) electrons. The van der Waals surface area contributed by atoms with E-state index in [0.717, 1.165) is 19.3 Å². The van der Waals surface area contributed by atoms with E-state index in [1.807, 2.05) is 27.7 Å². The molecule has 142 valence electrons. The fourth-order valence-corrected chi connectivity index (χ4v) is 1.96. The van der Waals surface area contributed by atoms with Crippen LogP contribution in [0.3, 0.4) is 0 Å². The Hall–Kier alpha value is -0.780. The van der Waals surface area contributed by atoms with E-state index < -0.39 is 0 Å². The molecule has 0 aliphatic heterocycles. The first-order valence-corrected chi connectivity index (χ1v) is 9.22. The van der Waals surface area contributed by atoms with Crippen LogP contribution in [-0.4, -0.2) is 51.2 Å². The van der Waals surface area contributed by atoms with E-state index in [0.29, 0.717) is 64.7 Å². The average molecular weight is 344 g/mol. The number of carbonyl (C=O) groups is 2. The van der Waals surface area contributed by atoms with E-state index >= 15 is 0 Å². The summed E-state index contributed by atoms with van der Waals surface area (Å²) in [6, 6.07) is 0. The largest absolute Gasteiger partial charge is 0.379 e. The van der Waals surface area contributed by atoms with Crippen LogP contribution in [0.2, 0.25) is 0 Å². The summed E-state index contributed by atoms with van der Waals surface area (Å²) in [6.07, 6.45) is 4.20. The number of hydrogen-bond acceptors (Lipinski definition) is 5. The second kappa shape index (κ2) is 14.6. The standard InChI is InChI=1S/C19H36O5/c1-5-17(20)9-7-11-22-13-15-24-16-14-23-12-8-10-18(21)19(3,4)6-2/h5-16H2,1-4H3. The SMILES string of the molecule is CCC(=O)CCCOCCOCCOCCCC(=O)C(C)(C)CC. The lowest BCUT2D eigenvalue weighted by molar-refractivity contribution is -0.127. The number of ketones is 2. The van der Waals surface area contributed by atoms with Gasteiger partial charge in [0.1, 0.15) is 11.6 Å². The van der Waals surface area contributed by atoms with Gasteiger partial charge in [-0.15, -0.1) is 0 Å². The maximum atomic E-state index is 11.9. The van der Waals surface area contributed by atoms with Crippen molar-refractivity contribution >= 4 is 11.6 Å². The van der Waals surface area contributed by atoms with Gasteiger partial charge in [-0.25, -0.2) is 0 Å². The highest BCUT2D eigenvalue weighted by atomic mass is 16.5. The molecule has 0 fully saturated rings. The third kappa shape index (κ3) is 12.6. The molecular formula is C19H36O5. The van der Waals surface area contributed by atoms with E-state index in [9.17, 15) is 9.59 Å². The van der Waals surface area contributed by atoms with Crippen molar-refractivity contribution in [2.75, 3.05) is 39.6 Å². The molecule has 0 spiro atoms. The molecule has 0 aliphatic carbocycles. The Morgan fingerprint density at radius 2 is 1.21 bits per heavy atom. The lowest BCUT2D eigenvalue weighted by Gasteiger charge is -2.20. The summed E-state index contributed by atoms with van der Waals surface area (Å²) in [5, 5.41) is 0. The van der Waals surface area contributed by atoms with Gasteiger partial charge in [-0.1, -0.05) is 27.7 Å². The van der Waals surface area contributed by atoms with E-state index in [2.05, 4.69) is 0 Å². The van der Waals surface area contributed by atoms with Crippen molar-refractivity contribution in [3.63, 3.8) is 0 Å². The van der Waals surface area contributed by atoms with Crippen molar-refractivity contribution in [3.8, 4) is 0 Å². The molecule has 0 heterocycles. The lowest BCUT2D eigenvalue weighted by atomic mass is 9.83. The summed E-state index contributed by atoms with van der Waals surface area (Å²) in [4.78, 5) is 23.0. The van der Waals surface area contributed by atoms with E-state index in [4.69, 9.17) is 14.2 Å². The Bertz CT molecular complexity index is 339. The maximum Gasteiger partial charge on any atom is 0.138 e. The minimum Gasteiger partial charge on any atom is -0.379 e. The number of hydrogen-bond donors (Lipinski definition) is 0. The first-order valence-electron chi connectivity index (χ1n) is 9.22. The summed E-state index contributed by atoms with van der Waals surface area (Å²) >= 11 is 0. The summed E-state index contributed by atoms with van der Waals surface area (Å²) < 4.78 is 16.2. The molecule has 5 heteroatoms. The van der Waals surface area contributed by atoms with Crippen LogP contribution < -0.4 is 0 Å². The van der Waals surface area contributed by atoms with Gasteiger partial charge in [0, 0.05) is 37.9 Å². The molecule has 0 aromatic carbocycles. The molecule has 0 unspecified atom stereocenters. The topological polar surface area (TPSA) is 61.8 Å². The minimum atomic E-state index is -0.215. The molecule has 0 atom stereocenters. The summed E-state index contributed by atoms with van der Waals surface area (Å²) in [6.45, 7) is 11.3. The van der Waals surface area contributed by atoms with Gasteiger partial charge in [-0.2, -0.15) is 0 Å². The van der Waals surface area contributed by atoms with Gasteiger partial charge >= 0.3 is 0 Å². The smallest absolute Gasteiger partial charge is 0.138 e. The van der Waals surface area contributed by atoms with Crippen LogP contribution in [0.25, 0.3) is 0 Å². The molecule has 0 bridgehead atoms. The van der Waals surface area contributed by atoms with Gasteiger partial charge in [0.05, 0.1) is 26.4 Å². The Kier molecular flexibility index (Phi) is 14.1. The predicted molar refractivity (Wildman–Crippen MR) is 95.3 cm³/mol. The summed E-state index contributed by atoms with van der Waals surface area (Å²) in [5.41, 5.74) is -0.215. The molecular weight excluding hydrogens is 308 g/mol. The Balaban J connectivity index is 3.26. The van der Waals surface area contributed by atoms with Gasteiger partial charge in [-0.3, -0.25) is 9.59 Å². The van der Waals surface area contributed by atoms with Crippen LogP contribution in [0.15, 0.2) is 0 Å². The Morgan fingerprint density at radius 1 is 0.750 bits per heavy atom. The third-order valence-corrected chi connectivity index (χ3v) is 4.21. The molecule has 0 amide bonds. The van der Waals surface area contributed by atoms with E-state index in [1.54, 1.807) is 0 Å². The first kappa shape index (κ1) is 23.2. The second-order valence-corrected chi connectivity index (χ2v) is 6.60. The molecule has 0 rings (SSSR count). The van der Waals surface area contributed by atoms with Crippen LogP contribution in [-0.2, 0) is 23.8 Å². The molecule has 0 N–H and O–H groups in total. The zero-order chi connectivity index (χ0) is 18.3. The van der Waals surface area contributed by atoms with E-state index in [1.165, 1.54) is 0 Å². The average Bonchev–Trinajstić information content (AvgIpc) is 2.58. The highest BCUT2D eigenvalue weighted by Gasteiger charge is 2.23. The monoisotopic (exact) mass is 344 g/mol. The summed E-state index contributed by atoms with van der Waals surface area (Å²) in [7, 11) is 0. The van der Waals surface area contributed by atoms with Crippen LogP contribution >= 0.6 is 0 Å². The number of ether oxygens (including phenoxy) is 3. The van der Waals surface area contributed by atoms with Gasteiger partial charge < -0.3 is 14.2 Å². The number of Topliss-reactive ketones (excluding diaryl/α,β-unsaturated/α-hetero) is 2. The van der Waals surface area contributed by atoms with E-state index in [-0.39, 0.29) is 11.2 Å². The predicted octanol–water partition coefficient (Wildman–Crippen LogP) is 3.58. The molecule has 0 aliphatic rings. The molecule has 0 aromatic heterocycles. The number of carbonyl (C=O) groups excluding carboxylic acids is 2. The molecule has 0 aromatic rings. The van der Waals surface area contributed by atoms with Crippen molar-refractivity contribution in [2.45, 2.75) is 66.2 Å². The fourth-order valence-electron chi connectivity index (χ4n) is 1.96. The highest BCUT2D eigenvalue weighted by molar-refractivity contribution is 5.83. The van der Waals surface area contributed by atoms with Crippen molar-refractivity contribution < 1.29 is 23.8 Å². The lowest BCUT2D eigenvalue weighted by Crippen LogP contribution is -2.23. The highest BCUT2D eigenvalue weighted by Crippen LogP contribution is 2.23. The van der Waals surface area contributed by atoms with Crippen LogP contribution in [0.5, 0.6) is 0 Å². The first-order chi connectivity index (χ1) is 11.4. The van der Waals surface area contributed by atoms with Crippen molar-refractivity contribution in [3.05, 3.63) is 0 Å². The maximum absolute atomic E-state index is 11.9. The fraction of sp³-hybridized carbons (Fsp3) is 0.895. The van der Waals surface area contributed by atoms with Gasteiger partial charge in [0.15, 0.2) is 0 Å². The molecule has 5 nitrogen and oxygen atoms in total. The molecule has 0 saturated heterocycles.